The Morgan fingerprint density at radius 3 is 2.38 bits per heavy atom. The Labute approximate surface area is 131 Å². The van der Waals surface area contributed by atoms with Crippen molar-refractivity contribution in [2.75, 3.05) is 19.6 Å². The molecule has 0 fully saturated rings. The van der Waals surface area contributed by atoms with E-state index in [0.29, 0.717) is 25.2 Å². The van der Waals surface area contributed by atoms with Crippen molar-refractivity contribution in [2.24, 2.45) is 0 Å². The Morgan fingerprint density at radius 2 is 1.86 bits per heavy atom. The molecule has 0 saturated heterocycles. The maximum Gasteiger partial charge on any atom is 0.243 e. The standard InChI is InChI=1S/C14H22ClFN2O2S/c1-4-7-17-10-11-8-12(9-13(16)14(11)15)21(19,20)18(5-2)6-3/h8-9,17H,4-7,10H2,1-3H3. The molecule has 0 heterocycles. The largest absolute Gasteiger partial charge is 0.313 e. The van der Waals surface area contributed by atoms with Crippen LogP contribution < -0.4 is 5.32 Å². The zero-order chi connectivity index (χ0) is 16.0. The maximum absolute atomic E-state index is 13.9. The predicted octanol–water partition coefficient (Wildman–Crippen LogP) is 3.01. The quantitative estimate of drug-likeness (QED) is 0.742. The van der Waals surface area contributed by atoms with Crippen molar-refractivity contribution in [1.82, 2.24) is 9.62 Å². The monoisotopic (exact) mass is 336 g/mol. The topological polar surface area (TPSA) is 49.4 Å². The first-order valence-electron chi connectivity index (χ1n) is 7.07. The Hall–Kier alpha value is -0.690. The average Bonchev–Trinajstić information content (AvgIpc) is 2.44. The Morgan fingerprint density at radius 1 is 1.24 bits per heavy atom. The second-order valence-electron chi connectivity index (χ2n) is 4.64. The van der Waals surface area contributed by atoms with E-state index in [1.54, 1.807) is 13.8 Å². The van der Waals surface area contributed by atoms with Crippen molar-refractivity contribution in [1.29, 1.82) is 0 Å². The lowest BCUT2D eigenvalue weighted by Gasteiger charge is -2.19. The van der Waals surface area contributed by atoms with Crippen LogP contribution in [-0.4, -0.2) is 32.4 Å². The van der Waals surface area contributed by atoms with Crippen LogP contribution in [0, 0.1) is 5.82 Å². The molecule has 1 aromatic carbocycles. The summed E-state index contributed by atoms with van der Waals surface area (Å²) in [6, 6.07) is 2.43. The minimum Gasteiger partial charge on any atom is -0.313 e. The van der Waals surface area contributed by atoms with Gasteiger partial charge < -0.3 is 5.32 Å². The van der Waals surface area contributed by atoms with Gasteiger partial charge in [0.2, 0.25) is 10.0 Å². The van der Waals surface area contributed by atoms with E-state index >= 15 is 0 Å². The number of hydrogen-bond acceptors (Lipinski definition) is 3. The van der Waals surface area contributed by atoms with Gasteiger partial charge in [0.15, 0.2) is 0 Å². The fourth-order valence-corrected chi connectivity index (χ4v) is 3.71. The van der Waals surface area contributed by atoms with Gasteiger partial charge in [-0.25, -0.2) is 12.8 Å². The van der Waals surface area contributed by atoms with E-state index in [1.165, 1.54) is 10.4 Å². The number of nitrogens with zero attached hydrogens (tertiary/aromatic N) is 1. The van der Waals surface area contributed by atoms with Crippen LogP contribution >= 0.6 is 11.6 Å². The first kappa shape index (κ1) is 18.4. The number of sulfonamides is 1. The van der Waals surface area contributed by atoms with Crippen LogP contribution in [0.5, 0.6) is 0 Å². The molecule has 7 heteroatoms. The molecule has 21 heavy (non-hydrogen) atoms. The normalized spacial score (nSPS) is 12.1. The highest BCUT2D eigenvalue weighted by molar-refractivity contribution is 7.89. The fraction of sp³-hybridized carbons (Fsp3) is 0.571. The number of hydrogen-bond donors (Lipinski definition) is 1. The van der Waals surface area contributed by atoms with E-state index in [0.717, 1.165) is 19.0 Å². The zero-order valence-corrected chi connectivity index (χ0v) is 14.2. The van der Waals surface area contributed by atoms with Crippen molar-refractivity contribution in [3.63, 3.8) is 0 Å². The Bertz CT molecular complexity index is 575. The number of nitrogens with one attached hydrogen (secondary N) is 1. The van der Waals surface area contributed by atoms with Crippen molar-refractivity contribution >= 4 is 21.6 Å². The molecule has 0 saturated carbocycles. The van der Waals surface area contributed by atoms with E-state index in [-0.39, 0.29) is 9.92 Å². The second-order valence-corrected chi connectivity index (χ2v) is 6.96. The van der Waals surface area contributed by atoms with Gasteiger partial charge in [-0.3, -0.25) is 0 Å². The molecule has 1 rings (SSSR count). The van der Waals surface area contributed by atoms with Gasteiger partial charge in [0.25, 0.3) is 0 Å². The number of halogens is 2. The molecule has 0 aliphatic rings. The van der Waals surface area contributed by atoms with Gasteiger partial charge in [0.1, 0.15) is 5.82 Å². The lowest BCUT2D eigenvalue weighted by Crippen LogP contribution is -2.30. The Balaban J connectivity index is 3.20. The second kappa shape index (κ2) is 8.08. The fourth-order valence-electron chi connectivity index (χ4n) is 2.01. The van der Waals surface area contributed by atoms with Gasteiger partial charge >= 0.3 is 0 Å². The molecule has 120 valence electrons. The van der Waals surface area contributed by atoms with Gasteiger partial charge in [-0.1, -0.05) is 32.4 Å². The van der Waals surface area contributed by atoms with Crippen LogP contribution in [0.4, 0.5) is 4.39 Å². The smallest absolute Gasteiger partial charge is 0.243 e. The first-order valence-corrected chi connectivity index (χ1v) is 8.89. The molecule has 0 unspecified atom stereocenters. The van der Waals surface area contributed by atoms with E-state index in [9.17, 15) is 12.8 Å². The molecule has 0 spiro atoms. The van der Waals surface area contributed by atoms with Gasteiger partial charge in [0, 0.05) is 19.6 Å². The maximum atomic E-state index is 13.9. The van der Waals surface area contributed by atoms with Crippen molar-refractivity contribution < 1.29 is 12.8 Å². The molecule has 0 aromatic heterocycles. The Kier molecular flexibility index (Phi) is 7.06. The van der Waals surface area contributed by atoms with Crippen LogP contribution in [0.2, 0.25) is 5.02 Å². The summed E-state index contributed by atoms with van der Waals surface area (Å²) in [5.41, 5.74) is 0.454. The van der Waals surface area contributed by atoms with E-state index < -0.39 is 15.8 Å². The van der Waals surface area contributed by atoms with Gasteiger partial charge in [-0.2, -0.15) is 4.31 Å². The summed E-state index contributed by atoms with van der Waals surface area (Å²) in [5.74, 6) is -0.710. The molecule has 1 aromatic rings. The van der Waals surface area contributed by atoms with Crippen LogP contribution in [0.3, 0.4) is 0 Å². The van der Waals surface area contributed by atoms with Gasteiger partial charge in [-0.15, -0.1) is 0 Å². The molecule has 1 N–H and O–H groups in total. The highest BCUT2D eigenvalue weighted by Crippen LogP contribution is 2.26. The molecule has 0 aliphatic carbocycles. The van der Waals surface area contributed by atoms with Gasteiger partial charge in [-0.05, 0) is 30.7 Å². The van der Waals surface area contributed by atoms with Gasteiger partial charge in [0.05, 0.1) is 9.92 Å². The minimum absolute atomic E-state index is 0.0305. The third-order valence-corrected chi connectivity index (χ3v) is 5.61. The van der Waals surface area contributed by atoms with Crippen LogP contribution in [-0.2, 0) is 16.6 Å². The summed E-state index contributed by atoms with van der Waals surface area (Å²) in [5, 5.41) is 3.07. The van der Waals surface area contributed by atoms with Crippen molar-refractivity contribution in [3.05, 3.63) is 28.5 Å². The third kappa shape index (κ3) is 4.39. The highest BCUT2D eigenvalue weighted by Gasteiger charge is 2.24. The molecule has 0 radical (unpaired) electrons. The molecule has 0 bridgehead atoms. The van der Waals surface area contributed by atoms with E-state index in [1.807, 2.05) is 6.92 Å². The lowest BCUT2D eigenvalue weighted by molar-refractivity contribution is 0.444. The highest BCUT2D eigenvalue weighted by atomic mass is 35.5. The predicted molar refractivity (Wildman–Crippen MR) is 83.5 cm³/mol. The summed E-state index contributed by atoms with van der Waals surface area (Å²) in [4.78, 5) is -0.0543. The molecule has 0 aliphatic heterocycles. The third-order valence-electron chi connectivity index (χ3n) is 3.16. The lowest BCUT2D eigenvalue weighted by atomic mass is 10.2. The number of rotatable bonds is 8. The van der Waals surface area contributed by atoms with E-state index in [4.69, 9.17) is 11.6 Å². The summed E-state index contributed by atoms with van der Waals surface area (Å²) in [6.45, 7) is 7.28. The van der Waals surface area contributed by atoms with Crippen LogP contribution in [0.1, 0.15) is 32.8 Å². The molecule has 4 nitrogen and oxygen atoms in total. The minimum atomic E-state index is -3.69. The van der Waals surface area contributed by atoms with Crippen molar-refractivity contribution in [3.8, 4) is 0 Å². The summed E-state index contributed by atoms with van der Waals surface area (Å²) >= 11 is 5.92. The molecule has 0 atom stereocenters. The molecular formula is C14H22ClFN2O2S. The molecular weight excluding hydrogens is 315 g/mol. The van der Waals surface area contributed by atoms with Crippen molar-refractivity contribution in [2.45, 2.75) is 38.6 Å². The molecule has 0 amide bonds. The van der Waals surface area contributed by atoms with Crippen LogP contribution in [0.15, 0.2) is 17.0 Å². The number of benzene rings is 1. The summed E-state index contributed by atoms with van der Waals surface area (Å²) < 4.78 is 40.1. The van der Waals surface area contributed by atoms with E-state index in [2.05, 4.69) is 5.32 Å². The SMILES string of the molecule is CCCNCc1cc(S(=O)(=O)N(CC)CC)cc(F)c1Cl. The zero-order valence-electron chi connectivity index (χ0n) is 12.6. The first-order chi connectivity index (χ1) is 9.88. The van der Waals surface area contributed by atoms with Crippen LogP contribution in [0.25, 0.3) is 0 Å². The average molecular weight is 337 g/mol. The summed E-state index contributed by atoms with van der Waals surface area (Å²) in [7, 11) is -3.69. The summed E-state index contributed by atoms with van der Waals surface area (Å²) in [6.07, 6.45) is 0.928.